The summed E-state index contributed by atoms with van der Waals surface area (Å²) in [5.74, 6) is 0. The number of carbonyl (C=O) groups is 1. The molecule has 0 radical (unpaired) electrons. The molecule has 0 aliphatic heterocycles. The lowest BCUT2D eigenvalue weighted by atomic mass is 10.1. The minimum atomic E-state index is -3.69. The highest BCUT2D eigenvalue weighted by molar-refractivity contribution is 7.89. The van der Waals surface area contributed by atoms with E-state index in [-0.39, 0.29) is 10.9 Å². The molecule has 2 aromatic carbocycles. The smallest absolute Gasteiger partial charge is 0.315 e. The number of aryl methyl sites for hydroxylation is 1. The van der Waals surface area contributed by atoms with Gasteiger partial charge in [0.1, 0.15) is 0 Å². The van der Waals surface area contributed by atoms with E-state index in [2.05, 4.69) is 22.8 Å². The second-order valence-electron chi connectivity index (χ2n) is 5.39. The molecular weight excluding hydrogens is 326 g/mol. The molecule has 4 N–H and O–H groups in total. The van der Waals surface area contributed by atoms with Crippen LogP contribution in [0.1, 0.15) is 17.5 Å². The average molecular weight is 347 g/mol. The highest BCUT2D eigenvalue weighted by Crippen LogP contribution is 2.08. The van der Waals surface area contributed by atoms with Crippen molar-refractivity contribution < 1.29 is 13.2 Å². The molecular formula is C17H21N3O3S. The number of urea groups is 1. The van der Waals surface area contributed by atoms with Crippen LogP contribution in [0.3, 0.4) is 0 Å². The zero-order valence-electron chi connectivity index (χ0n) is 13.2. The first-order chi connectivity index (χ1) is 11.4. The summed E-state index contributed by atoms with van der Waals surface area (Å²) >= 11 is 0. The number of amides is 2. The van der Waals surface area contributed by atoms with E-state index in [0.29, 0.717) is 13.1 Å². The molecule has 0 bridgehead atoms. The van der Waals surface area contributed by atoms with Gasteiger partial charge in [0.2, 0.25) is 10.0 Å². The second kappa shape index (κ2) is 8.47. The van der Waals surface area contributed by atoms with Crippen LogP contribution in [0.15, 0.2) is 59.5 Å². The third-order valence-corrected chi connectivity index (χ3v) is 4.40. The lowest BCUT2D eigenvalue weighted by molar-refractivity contribution is 0.240. The Bertz CT molecular complexity index is 759. The van der Waals surface area contributed by atoms with Crippen molar-refractivity contribution in [2.75, 3.05) is 6.54 Å². The van der Waals surface area contributed by atoms with Gasteiger partial charge < -0.3 is 10.6 Å². The summed E-state index contributed by atoms with van der Waals surface area (Å²) in [6.07, 6.45) is 1.77. The van der Waals surface area contributed by atoms with E-state index in [0.717, 1.165) is 18.4 Å². The Morgan fingerprint density at radius 2 is 1.58 bits per heavy atom. The van der Waals surface area contributed by atoms with Crippen LogP contribution in [0.4, 0.5) is 4.79 Å². The molecule has 0 aliphatic carbocycles. The summed E-state index contributed by atoms with van der Waals surface area (Å²) in [6, 6.07) is 15.9. The van der Waals surface area contributed by atoms with E-state index in [9.17, 15) is 13.2 Å². The van der Waals surface area contributed by atoms with Crippen LogP contribution in [0.5, 0.6) is 0 Å². The Balaban J connectivity index is 1.67. The molecule has 2 amide bonds. The van der Waals surface area contributed by atoms with E-state index in [1.165, 1.54) is 17.7 Å². The number of rotatable bonds is 7. The van der Waals surface area contributed by atoms with E-state index < -0.39 is 10.0 Å². The minimum Gasteiger partial charge on any atom is -0.338 e. The maximum absolute atomic E-state index is 11.7. The molecule has 0 heterocycles. The molecule has 128 valence electrons. The van der Waals surface area contributed by atoms with Crippen LogP contribution in [-0.4, -0.2) is 21.0 Å². The molecule has 6 nitrogen and oxygen atoms in total. The van der Waals surface area contributed by atoms with Crippen LogP contribution in [-0.2, 0) is 23.0 Å². The summed E-state index contributed by atoms with van der Waals surface area (Å²) in [6.45, 7) is 0.903. The fourth-order valence-corrected chi connectivity index (χ4v) is 2.70. The van der Waals surface area contributed by atoms with Crippen molar-refractivity contribution in [2.24, 2.45) is 5.14 Å². The lowest BCUT2D eigenvalue weighted by Crippen LogP contribution is -2.35. The molecule has 0 spiro atoms. The molecule has 2 rings (SSSR count). The van der Waals surface area contributed by atoms with E-state index in [1.54, 1.807) is 12.1 Å². The van der Waals surface area contributed by atoms with Crippen molar-refractivity contribution >= 4 is 16.1 Å². The number of carbonyl (C=O) groups excluding carboxylic acids is 1. The van der Waals surface area contributed by atoms with Gasteiger partial charge in [0.15, 0.2) is 0 Å². The van der Waals surface area contributed by atoms with E-state index in [1.807, 2.05) is 18.2 Å². The number of hydrogen-bond donors (Lipinski definition) is 3. The second-order valence-corrected chi connectivity index (χ2v) is 6.95. The molecule has 0 unspecified atom stereocenters. The Labute approximate surface area is 142 Å². The van der Waals surface area contributed by atoms with Crippen molar-refractivity contribution in [1.82, 2.24) is 10.6 Å². The summed E-state index contributed by atoms with van der Waals surface area (Å²) in [7, 11) is -3.69. The van der Waals surface area contributed by atoms with Gasteiger partial charge in [-0.25, -0.2) is 18.4 Å². The molecule has 0 aliphatic rings. The quantitative estimate of drug-likeness (QED) is 0.665. The average Bonchev–Trinajstić information content (AvgIpc) is 2.57. The largest absolute Gasteiger partial charge is 0.338 e. The van der Waals surface area contributed by atoms with Crippen LogP contribution >= 0.6 is 0 Å². The van der Waals surface area contributed by atoms with Gasteiger partial charge in [0, 0.05) is 13.1 Å². The standard InChI is InChI=1S/C17H21N3O3S/c18-24(22,23)16-10-8-15(9-11-16)13-20-17(21)19-12-4-7-14-5-2-1-3-6-14/h1-3,5-6,8-11H,4,7,12-13H2,(H2,18,22,23)(H2,19,20,21). The highest BCUT2D eigenvalue weighted by Gasteiger charge is 2.07. The normalized spacial score (nSPS) is 11.0. The molecule has 2 aromatic rings. The lowest BCUT2D eigenvalue weighted by Gasteiger charge is -2.08. The summed E-state index contributed by atoms with van der Waals surface area (Å²) in [4.78, 5) is 11.8. The maximum Gasteiger partial charge on any atom is 0.315 e. The van der Waals surface area contributed by atoms with Crippen molar-refractivity contribution in [1.29, 1.82) is 0 Å². The van der Waals surface area contributed by atoms with Gasteiger partial charge in [0.05, 0.1) is 4.90 Å². The van der Waals surface area contributed by atoms with Crippen molar-refractivity contribution in [3.8, 4) is 0 Å². The van der Waals surface area contributed by atoms with Gasteiger partial charge in [0.25, 0.3) is 0 Å². The van der Waals surface area contributed by atoms with E-state index in [4.69, 9.17) is 5.14 Å². The molecule has 0 saturated heterocycles. The SMILES string of the molecule is NS(=O)(=O)c1ccc(CNC(=O)NCCCc2ccccc2)cc1. The van der Waals surface area contributed by atoms with Gasteiger partial charge in [-0.05, 0) is 36.1 Å². The number of nitrogens with one attached hydrogen (secondary N) is 2. The summed E-state index contributed by atoms with van der Waals surface area (Å²) in [5, 5.41) is 10.5. The molecule has 7 heteroatoms. The van der Waals surface area contributed by atoms with Gasteiger partial charge >= 0.3 is 6.03 Å². The van der Waals surface area contributed by atoms with Crippen LogP contribution in [0.25, 0.3) is 0 Å². The van der Waals surface area contributed by atoms with Crippen molar-refractivity contribution in [3.05, 3.63) is 65.7 Å². The molecule has 0 saturated carbocycles. The Kier molecular flexibility index (Phi) is 6.34. The molecule has 0 fully saturated rings. The van der Waals surface area contributed by atoms with Crippen LogP contribution in [0.2, 0.25) is 0 Å². The Morgan fingerprint density at radius 1 is 0.917 bits per heavy atom. The van der Waals surface area contributed by atoms with Crippen molar-refractivity contribution in [3.63, 3.8) is 0 Å². The monoisotopic (exact) mass is 347 g/mol. The zero-order chi connectivity index (χ0) is 17.4. The fraction of sp³-hybridized carbons (Fsp3) is 0.235. The number of sulfonamides is 1. The summed E-state index contributed by atoms with van der Waals surface area (Å²) < 4.78 is 22.3. The topological polar surface area (TPSA) is 101 Å². The van der Waals surface area contributed by atoms with Crippen LogP contribution in [0, 0.1) is 0 Å². The first-order valence-corrected chi connectivity index (χ1v) is 9.17. The van der Waals surface area contributed by atoms with Crippen molar-refractivity contribution in [2.45, 2.75) is 24.3 Å². The van der Waals surface area contributed by atoms with Gasteiger partial charge in [-0.15, -0.1) is 0 Å². The first-order valence-electron chi connectivity index (χ1n) is 7.62. The first kappa shape index (κ1) is 18.0. The minimum absolute atomic E-state index is 0.0524. The fourth-order valence-electron chi connectivity index (χ4n) is 2.18. The van der Waals surface area contributed by atoms with Gasteiger partial charge in [-0.2, -0.15) is 0 Å². The zero-order valence-corrected chi connectivity index (χ0v) is 14.1. The number of primary sulfonamides is 1. The predicted octanol–water partition coefficient (Wildman–Crippen LogP) is 1.77. The predicted molar refractivity (Wildman–Crippen MR) is 92.8 cm³/mol. The Hall–Kier alpha value is -2.38. The molecule has 24 heavy (non-hydrogen) atoms. The molecule has 0 atom stereocenters. The molecule has 0 aromatic heterocycles. The third kappa shape index (κ3) is 6.02. The number of hydrogen-bond acceptors (Lipinski definition) is 3. The maximum atomic E-state index is 11.7. The Morgan fingerprint density at radius 3 is 2.21 bits per heavy atom. The number of benzene rings is 2. The summed E-state index contributed by atoms with van der Waals surface area (Å²) in [5.41, 5.74) is 2.04. The van der Waals surface area contributed by atoms with Gasteiger partial charge in [-0.1, -0.05) is 42.5 Å². The van der Waals surface area contributed by atoms with Gasteiger partial charge in [-0.3, -0.25) is 0 Å². The van der Waals surface area contributed by atoms with E-state index >= 15 is 0 Å². The van der Waals surface area contributed by atoms with Crippen LogP contribution < -0.4 is 15.8 Å². The highest BCUT2D eigenvalue weighted by atomic mass is 32.2. The third-order valence-electron chi connectivity index (χ3n) is 3.48. The number of nitrogens with two attached hydrogens (primary N) is 1.